The molecule has 8 nitrogen and oxygen atoms in total. The Morgan fingerprint density at radius 1 is 1.00 bits per heavy atom. The number of piperidine rings is 1. The zero-order valence-electron chi connectivity index (χ0n) is 21.1. The molecule has 1 spiro atoms. The van der Waals surface area contributed by atoms with Gasteiger partial charge in [0, 0.05) is 56.0 Å². The molecule has 1 aromatic heterocycles. The molecule has 0 unspecified atom stereocenters. The molecule has 0 aliphatic carbocycles. The van der Waals surface area contributed by atoms with Gasteiger partial charge in [-0.3, -0.25) is 24.3 Å². The summed E-state index contributed by atoms with van der Waals surface area (Å²) in [6, 6.07) is 15.4. The van der Waals surface area contributed by atoms with Gasteiger partial charge in [0.05, 0.1) is 6.61 Å². The summed E-state index contributed by atoms with van der Waals surface area (Å²) in [6.45, 7) is 2.98. The van der Waals surface area contributed by atoms with Gasteiger partial charge in [-0.15, -0.1) is 0 Å². The smallest absolute Gasteiger partial charge is 0.256 e. The second-order valence-electron chi connectivity index (χ2n) is 9.69. The Morgan fingerprint density at radius 3 is 2.39 bits per heavy atom. The van der Waals surface area contributed by atoms with Gasteiger partial charge in [-0.05, 0) is 61.0 Å². The average molecular weight is 517 g/mol. The minimum absolute atomic E-state index is 0.0287. The molecular weight excluding hydrogens is 487 g/mol. The molecule has 2 fully saturated rings. The van der Waals surface area contributed by atoms with Crippen molar-refractivity contribution < 1.29 is 23.5 Å². The molecule has 1 N–H and O–H groups in total. The van der Waals surface area contributed by atoms with Gasteiger partial charge in [-0.1, -0.05) is 17.7 Å². The van der Waals surface area contributed by atoms with Gasteiger partial charge in [-0.25, -0.2) is 4.39 Å². The van der Waals surface area contributed by atoms with Crippen molar-refractivity contribution in [1.29, 1.82) is 0 Å². The first-order chi connectivity index (χ1) is 18.4. The summed E-state index contributed by atoms with van der Waals surface area (Å²) < 4.78 is 19.8. The van der Waals surface area contributed by atoms with Crippen molar-refractivity contribution >= 4 is 17.7 Å². The molecule has 2 aromatic carbocycles. The molecule has 2 aliphatic rings. The van der Waals surface area contributed by atoms with Crippen LogP contribution in [0.5, 0.6) is 0 Å². The van der Waals surface area contributed by atoms with E-state index >= 15 is 0 Å². The van der Waals surface area contributed by atoms with E-state index in [0.717, 1.165) is 11.1 Å². The lowest BCUT2D eigenvalue weighted by Crippen LogP contribution is -2.59. The second kappa shape index (κ2) is 10.7. The molecule has 0 bridgehead atoms. The fourth-order valence-corrected chi connectivity index (χ4v) is 5.13. The number of rotatable bonds is 5. The number of hydrogen-bond acceptors (Lipinski definition) is 5. The normalized spacial score (nSPS) is 18.4. The highest BCUT2D eigenvalue weighted by Crippen LogP contribution is 2.39. The maximum atomic E-state index is 13.7. The molecule has 38 heavy (non-hydrogen) atoms. The number of ether oxygens (including phenoxy) is 1. The lowest BCUT2D eigenvalue weighted by Gasteiger charge is -2.44. The number of likely N-dealkylation sites (tertiary alicyclic amines) is 1. The molecule has 3 aromatic rings. The standard InChI is InChI=1S/C29H29FN4O4/c1-20-3-2-4-23(17-20)27(36)33-15-11-29(12-16-33)34(28(37)22-5-7-24(30)8-6-22)25(19-38-29)26(35)32-18-21-9-13-31-14-10-21/h2-10,13-14,17,25H,11-12,15-16,18-19H2,1H3,(H,32,35)/t25-/m1/s1. The van der Waals surface area contributed by atoms with E-state index in [4.69, 9.17) is 4.74 Å². The minimum Gasteiger partial charge on any atom is -0.353 e. The maximum Gasteiger partial charge on any atom is 0.256 e. The number of aromatic nitrogens is 1. The van der Waals surface area contributed by atoms with Crippen LogP contribution in [-0.4, -0.2) is 64.0 Å². The summed E-state index contributed by atoms with van der Waals surface area (Å²) in [5, 5.41) is 2.90. The van der Waals surface area contributed by atoms with E-state index in [2.05, 4.69) is 10.3 Å². The fourth-order valence-electron chi connectivity index (χ4n) is 5.13. The summed E-state index contributed by atoms with van der Waals surface area (Å²) in [6.07, 6.45) is 3.99. The first-order valence-corrected chi connectivity index (χ1v) is 12.6. The van der Waals surface area contributed by atoms with Crippen molar-refractivity contribution in [3.63, 3.8) is 0 Å². The van der Waals surface area contributed by atoms with E-state index in [0.29, 0.717) is 31.5 Å². The van der Waals surface area contributed by atoms with Crippen LogP contribution in [0.3, 0.4) is 0 Å². The SMILES string of the molecule is Cc1cccc(C(=O)N2CCC3(CC2)OC[C@H](C(=O)NCc2ccncc2)N3C(=O)c2ccc(F)cc2)c1. The van der Waals surface area contributed by atoms with Crippen LogP contribution >= 0.6 is 0 Å². The summed E-state index contributed by atoms with van der Waals surface area (Å²) in [7, 11) is 0. The quantitative estimate of drug-likeness (QED) is 0.562. The number of benzene rings is 2. The number of hydrogen-bond donors (Lipinski definition) is 1. The minimum atomic E-state index is -1.05. The maximum absolute atomic E-state index is 13.7. The summed E-state index contributed by atoms with van der Waals surface area (Å²) in [4.78, 5) is 47.4. The van der Waals surface area contributed by atoms with E-state index in [1.54, 1.807) is 35.5 Å². The molecule has 2 aliphatic heterocycles. The Kier molecular flexibility index (Phi) is 7.20. The van der Waals surface area contributed by atoms with E-state index in [-0.39, 0.29) is 30.5 Å². The Morgan fingerprint density at radius 2 is 1.71 bits per heavy atom. The highest BCUT2D eigenvalue weighted by atomic mass is 19.1. The molecule has 9 heteroatoms. The van der Waals surface area contributed by atoms with Crippen molar-refractivity contribution in [1.82, 2.24) is 20.1 Å². The number of aryl methyl sites for hydroxylation is 1. The lowest BCUT2D eigenvalue weighted by atomic mass is 9.96. The predicted molar refractivity (Wildman–Crippen MR) is 137 cm³/mol. The molecule has 2 saturated heterocycles. The summed E-state index contributed by atoms with van der Waals surface area (Å²) in [5.74, 6) is -1.29. The van der Waals surface area contributed by atoms with Crippen molar-refractivity contribution in [2.24, 2.45) is 0 Å². The van der Waals surface area contributed by atoms with Crippen LogP contribution in [0.15, 0.2) is 73.1 Å². The van der Waals surface area contributed by atoms with Crippen molar-refractivity contribution in [3.05, 3.63) is 101 Å². The number of nitrogens with zero attached hydrogens (tertiary/aromatic N) is 3. The molecule has 3 heterocycles. The Bertz CT molecular complexity index is 1320. The van der Waals surface area contributed by atoms with Crippen LogP contribution in [0.25, 0.3) is 0 Å². The van der Waals surface area contributed by atoms with E-state index in [9.17, 15) is 18.8 Å². The van der Waals surface area contributed by atoms with E-state index in [1.807, 2.05) is 25.1 Å². The predicted octanol–water partition coefficient (Wildman–Crippen LogP) is 3.32. The highest BCUT2D eigenvalue weighted by molar-refractivity contribution is 5.98. The van der Waals surface area contributed by atoms with Crippen molar-refractivity contribution in [2.75, 3.05) is 19.7 Å². The number of pyridine rings is 1. The van der Waals surface area contributed by atoms with E-state index in [1.165, 1.54) is 29.2 Å². The lowest BCUT2D eigenvalue weighted by molar-refractivity contribution is -0.128. The third-order valence-corrected chi connectivity index (χ3v) is 7.19. The van der Waals surface area contributed by atoms with Crippen LogP contribution in [0.2, 0.25) is 0 Å². The third-order valence-electron chi connectivity index (χ3n) is 7.19. The van der Waals surface area contributed by atoms with Gasteiger partial charge in [0.2, 0.25) is 5.91 Å². The Hall–Kier alpha value is -4.11. The van der Waals surface area contributed by atoms with Crippen molar-refractivity contribution in [3.8, 4) is 0 Å². The first-order valence-electron chi connectivity index (χ1n) is 12.6. The highest BCUT2D eigenvalue weighted by Gasteiger charge is 2.54. The zero-order valence-corrected chi connectivity index (χ0v) is 21.1. The van der Waals surface area contributed by atoms with Crippen LogP contribution in [0.4, 0.5) is 4.39 Å². The molecular formula is C29H29FN4O4. The van der Waals surface area contributed by atoms with E-state index < -0.39 is 23.5 Å². The number of nitrogens with one attached hydrogen (secondary N) is 1. The molecule has 5 rings (SSSR count). The van der Waals surface area contributed by atoms with Crippen LogP contribution in [0, 0.1) is 12.7 Å². The van der Waals surface area contributed by atoms with Gasteiger partial charge >= 0.3 is 0 Å². The van der Waals surface area contributed by atoms with Crippen LogP contribution in [0.1, 0.15) is 44.7 Å². The van der Waals surface area contributed by atoms with Gasteiger partial charge < -0.3 is 15.0 Å². The largest absolute Gasteiger partial charge is 0.353 e. The van der Waals surface area contributed by atoms with Gasteiger partial charge in [-0.2, -0.15) is 0 Å². The molecule has 1 atom stereocenters. The summed E-state index contributed by atoms with van der Waals surface area (Å²) in [5.41, 5.74) is 1.71. The number of carbonyl (C=O) groups is 3. The molecule has 0 saturated carbocycles. The van der Waals surface area contributed by atoms with Gasteiger partial charge in [0.15, 0.2) is 0 Å². The molecule has 196 valence electrons. The topological polar surface area (TPSA) is 91.8 Å². The zero-order chi connectivity index (χ0) is 26.7. The molecule has 0 radical (unpaired) electrons. The Balaban J connectivity index is 1.36. The van der Waals surface area contributed by atoms with Crippen LogP contribution in [-0.2, 0) is 16.1 Å². The number of halogens is 1. The first kappa shape index (κ1) is 25.5. The molecule has 3 amide bonds. The second-order valence-corrected chi connectivity index (χ2v) is 9.69. The van der Waals surface area contributed by atoms with Gasteiger partial charge in [0.25, 0.3) is 11.8 Å². The Labute approximate surface area is 220 Å². The number of amides is 3. The summed E-state index contributed by atoms with van der Waals surface area (Å²) >= 11 is 0. The van der Waals surface area contributed by atoms with Crippen LogP contribution < -0.4 is 5.32 Å². The van der Waals surface area contributed by atoms with Crippen molar-refractivity contribution in [2.45, 2.75) is 38.1 Å². The third kappa shape index (κ3) is 5.15. The monoisotopic (exact) mass is 516 g/mol. The fraction of sp³-hybridized carbons (Fsp3) is 0.310. The van der Waals surface area contributed by atoms with Gasteiger partial charge in [0.1, 0.15) is 17.6 Å². The number of carbonyl (C=O) groups excluding carboxylic acids is 3. The average Bonchev–Trinajstić information content (AvgIpc) is 3.30.